The number of nitrogens with one attached hydrogen (secondary N) is 2. The predicted molar refractivity (Wildman–Crippen MR) is 83.4 cm³/mol. The first-order valence-electron chi connectivity index (χ1n) is 7.10. The van der Waals surface area contributed by atoms with Crippen LogP contribution in [0.1, 0.15) is 19.3 Å². The molecule has 0 spiro atoms. The molecule has 114 valence electrons. The second-order valence-corrected chi connectivity index (χ2v) is 7.85. The van der Waals surface area contributed by atoms with Crippen LogP contribution in [0.3, 0.4) is 0 Å². The minimum absolute atomic E-state index is 0.0814. The van der Waals surface area contributed by atoms with E-state index in [2.05, 4.69) is 10.6 Å². The Morgan fingerprint density at radius 3 is 2.65 bits per heavy atom. The van der Waals surface area contributed by atoms with E-state index < -0.39 is 5.97 Å². The van der Waals surface area contributed by atoms with Crippen LogP contribution in [0, 0.1) is 11.8 Å². The van der Waals surface area contributed by atoms with Gasteiger partial charge in [0, 0.05) is 35.6 Å². The highest BCUT2D eigenvalue weighted by Gasteiger charge is 2.32. The molecule has 2 amide bonds. The molecule has 0 aromatic carbocycles. The van der Waals surface area contributed by atoms with Crippen LogP contribution in [-0.4, -0.2) is 52.7 Å². The van der Waals surface area contributed by atoms with Crippen molar-refractivity contribution < 1.29 is 14.7 Å². The highest BCUT2D eigenvalue weighted by molar-refractivity contribution is 8.06. The molecule has 1 aliphatic carbocycles. The van der Waals surface area contributed by atoms with E-state index in [0.29, 0.717) is 18.3 Å². The van der Waals surface area contributed by atoms with Gasteiger partial charge >= 0.3 is 12.0 Å². The van der Waals surface area contributed by atoms with E-state index in [1.54, 1.807) is 0 Å². The Morgan fingerprint density at radius 2 is 1.95 bits per heavy atom. The van der Waals surface area contributed by atoms with Crippen molar-refractivity contribution in [1.82, 2.24) is 10.6 Å². The number of amides is 2. The lowest BCUT2D eigenvalue weighted by molar-refractivity contribution is -0.142. The molecule has 2 rings (SSSR count). The summed E-state index contributed by atoms with van der Waals surface area (Å²) in [5.41, 5.74) is 0. The zero-order chi connectivity index (χ0) is 14.4. The van der Waals surface area contributed by atoms with Crippen molar-refractivity contribution in [2.24, 2.45) is 11.8 Å². The van der Waals surface area contributed by atoms with Crippen molar-refractivity contribution in [3.05, 3.63) is 0 Å². The highest BCUT2D eigenvalue weighted by Crippen LogP contribution is 2.31. The molecule has 0 aromatic heterocycles. The molecule has 0 bridgehead atoms. The van der Waals surface area contributed by atoms with Gasteiger partial charge in [-0.3, -0.25) is 4.79 Å². The van der Waals surface area contributed by atoms with Gasteiger partial charge in [-0.1, -0.05) is 6.42 Å². The van der Waals surface area contributed by atoms with Crippen molar-refractivity contribution in [1.29, 1.82) is 0 Å². The first kappa shape index (κ1) is 15.8. The van der Waals surface area contributed by atoms with E-state index in [0.717, 1.165) is 30.8 Å². The van der Waals surface area contributed by atoms with Gasteiger partial charge in [0.15, 0.2) is 0 Å². The van der Waals surface area contributed by atoms with E-state index in [1.165, 1.54) is 5.75 Å². The molecule has 5 nitrogen and oxygen atoms in total. The summed E-state index contributed by atoms with van der Waals surface area (Å²) in [6.07, 6.45) is 2.58. The molecule has 1 aliphatic heterocycles. The number of hydrogen-bond donors (Lipinski definition) is 3. The average molecular weight is 318 g/mol. The van der Waals surface area contributed by atoms with Crippen LogP contribution in [-0.2, 0) is 4.79 Å². The van der Waals surface area contributed by atoms with Crippen LogP contribution >= 0.6 is 23.5 Å². The number of carboxylic acid groups (broad SMARTS) is 1. The Bertz CT molecular complexity index is 349. The van der Waals surface area contributed by atoms with Crippen LogP contribution < -0.4 is 10.6 Å². The largest absolute Gasteiger partial charge is 0.481 e. The number of carboxylic acids is 1. The third-order valence-electron chi connectivity index (χ3n) is 3.88. The van der Waals surface area contributed by atoms with Gasteiger partial charge in [-0.25, -0.2) is 4.79 Å². The third-order valence-corrected chi connectivity index (χ3v) is 6.72. The fraction of sp³-hybridized carbons (Fsp3) is 0.846. The van der Waals surface area contributed by atoms with Crippen LogP contribution in [0.4, 0.5) is 4.79 Å². The molecule has 0 radical (unpaired) electrons. The SMILES string of the molecule is O=C(NCC1CSCCS1)NCC1CCCC1C(=O)O. The lowest BCUT2D eigenvalue weighted by atomic mass is 9.96. The summed E-state index contributed by atoms with van der Waals surface area (Å²) in [5.74, 6) is 2.50. The van der Waals surface area contributed by atoms with E-state index >= 15 is 0 Å². The molecule has 2 aliphatic rings. The fourth-order valence-electron chi connectivity index (χ4n) is 2.75. The molecule has 20 heavy (non-hydrogen) atoms. The maximum Gasteiger partial charge on any atom is 0.314 e. The van der Waals surface area contributed by atoms with Crippen molar-refractivity contribution in [3.8, 4) is 0 Å². The van der Waals surface area contributed by atoms with Gasteiger partial charge in [-0.15, -0.1) is 0 Å². The molecular formula is C13H22N2O3S2. The summed E-state index contributed by atoms with van der Waals surface area (Å²) in [5, 5.41) is 15.3. The summed E-state index contributed by atoms with van der Waals surface area (Å²) >= 11 is 3.85. The van der Waals surface area contributed by atoms with Crippen LogP contribution in [0.25, 0.3) is 0 Å². The molecule has 1 saturated carbocycles. The maximum atomic E-state index is 11.7. The van der Waals surface area contributed by atoms with Crippen molar-refractivity contribution in [3.63, 3.8) is 0 Å². The number of carbonyl (C=O) groups excluding carboxylic acids is 1. The Kier molecular flexibility index (Phi) is 6.35. The molecule has 0 aromatic rings. The molecule has 7 heteroatoms. The third kappa shape index (κ3) is 4.77. The molecule has 3 N–H and O–H groups in total. The number of urea groups is 1. The van der Waals surface area contributed by atoms with Crippen molar-refractivity contribution in [2.75, 3.05) is 30.3 Å². The normalized spacial score (nSPS) is 29.9. The smallest absolute Gasteiger partial charge is 0.314 e. The standard InChI is InChI=1S/C13H22N2O3S2/c16-12(17)11-3-1-2-9(11)6-14-13(18)15-7-10-8-19-4-5-20-10/h9-11H,1-8H2,(H,16,17)(H2,14,15,18). The molecule has 1 heterocycles. The first-order chi connectivity index (χ1) is 9.66. The molecule has 2 fully saturated rings. The van der Waals surface area contributed by atoms with Gasteiger partial charge in [-0.05, 0) is 18.8 Å². The van der Waals surface area contributed by atoms with E-state index in [4.69, 9.17) is 5.11 Å². The van der Waals surface area contributed by atoms with Crippen molar-refractivity contribution >= 4 is 35.5 Å². The number of thioether (sulfide) groups is 2. The topological polar surface area (TPSA) is 78.4 Å². The summed E-state index contributed by atoms with van der Waals surface area (Å²) in [4.78, 5) is 22.8. The van der Waals surface area contributed by atoms with Gasteiger partial charge in [0.2, 0.25) is 0 Å². The van der Waals surface area contributed by atoms with Crippen LogP contribution in [0.2, 0.25) is 0 Å². The molecule has 3 unspecified atom stereocenters. The lowest BCUT2D eigenvalue weighted by Crippen LogP contribution is -2.42. The first-order valence-corrected chi connectivity index (χ1v) is 9.31. The summed E-state index contributed by atoms with van der Waals surface area (Å²) in [7, 11) is 0. The van der Waals surface area contributed by atoms with Gasteiger partial charge in [0.1, 0.15) is 0 Å². The van der Waals surface area contributed by atoms with Gasteiger partial charge in [0.05, 0.1) is 5.92 Å². The zero-order valence-corrected chi connectivity index (χ0v) is 13.1. The van der Waals surface area contributed by atoms with Crippen molar-refractivity contribution in [2.45, 2.75) is 24.5 Å². The van der Waals surface area contributed by atoms with Crippen LogP contribution in [0.5, 0.6) is 0 Å². The van der Waals surface area contributed by atoms with E-state index in [1.807, 2.05) is 23.5 Å². The quantitative estimate of drug-likeness (QED) is 0.718. The number of rotatable bonds is 5. The van der Waals surface area contributed by atoms with Crippen LogP contribution in [0.15, 0.2) is 0 Å². The predicted octanol–water partition coefficient (Wildman–Crippen LogP) is 1.64. The zero-order valence-electron chi connectivity index (χ0n) is 11.5. The second kappa shape index (κ2) is 8.02. The van der Waals surface area contributed by atoms with Gasteiger partial charge in [-0.2, -0.15) is 23.5 Å². The minimum atomic E-state index is -0.731. The Hall–Kier alpha value is -0.560. The molecular weight excluding hydrogens is 296 g/mol. The monoisotopic (exact) mass is 318 g/mol. The highest BCUT2D eigenvalue weighted by atomic mass is 32.2. The van der Waals surface area contributed by atoms with Gasteiger partial charge < -0.3 is 15.7 Å². The summed E-state index contributed by atoms with van der Waals surface area (Å²) in [6.45, 7) is 1.16. The summed E-state index contributed by atoms with van der Waals surface area (Å²) in [6, 6.07) is -0.169. The minimum Gasteiger partial charge on any atom is -0.481 e. The molecule has 1 saturated heterocycles. The number of hydrogen-bond acceptors (Lipinski definition) is 4. The fourth-order valence-corrected chi connectivity index (χ4v) is 5.37. The average Bonchev–Trinajstić information content (AvgIpc) is 2.92. The Balaban J connectivity index is 1.63. The summed E-state index contributed by atoms with van der Waals surface area (Å²) < 4.78 is 0. The lowest BCUT2D eigenvalue weighted by Gasteiger charge is -2.22. The Morgan fingerprint density at radius 1 is 1.15 bits per heavy atom. The number of carbonyl (C=O) groups is 2. The maximum absolute atomic E-state index is 11.7. The number of aliphatic carboxylic acids is 1. The second-order valence-electron chi connectivity index (χ2n) is 5.29. The Labute approximate surface area is 128 Å². The van der Waals surface area contributed by atoms with E-state index in [-0.39, 0.29) is 17.9 Å². The van der Waals surface area contributed by atoms with Gasteiger partial charge in [0.25, 0.3) is 0 Å². The molecule has 3 atom stereocenters. The van der Waals surface area contributed by atoms with E-state index in [9.17, 15) is 9.59 Å².